The number of fused-ring (bicyclic) bond motifs is 1. The number of hydrogen-bond donors (Lipinski definition) is 2. The number of carbonyl (C=O) groups excluding carboxylic acids is 2. The van der Waals surface area contributed by atoms with Crippen molar-refractivity contribution in [3.8, 4) is 11.3 Å². The lowest BCUT2D eigenvalue weighted by atomic mass is 10.1. The van der Waals surface area contributed by atoms with Gasteiger partial charge in [-0.15, -0.1) is 0 Å². The van der Waals surface area contributed by atoms with Crippen LogP contribution >= 0.6 is 0 Å². The van der Waals surface area contributed by atoms with Crippen molar-refractivity contribution >= 4 is 29.0 Å². The Balaban J connectivity index is 1.31. The number of pyridine rings is 1. The number of imidazole rings is 1. The number of anilines is 2. The van der Waals surface area contributed by atoms with Crippen LogP contribution in [0.4, 0.5) is 29.2 Å². The third-order valence-electron chi connectivity index (χ3n) is 7.92. The number of nitrogens with two attached hydrogens (primary N) is 1. The third kappa shape index (κ3) is 5.26. The molecule has 0 bridgehead atoms. The van der Waals surface area contributed by atoms with E-state index >= 15 is 4.39 Å². The van der Waals surface area contributed by atoms with Crippen molar-refractivity contribution in [2.24, 2.45) is 5.41 Å². The minimum absolute atomic E-state index is 0.0137. The molecular formula is C29H27F4N7O3. The summed E-state index contributed by atoms with van der Waals surface area (Å²) in [5.41, 5.74) is 5.19. The number of halogens is 4. The van der Waals surface area contributed by atoms with Crippen LogP contribution in [-0.2, 0) is 15.7 Å². The molecule has 0 unspecified atom stereocenters. The number of aromatic nitrogens is 4. The van der Waals surface area contributed by atoms with Gasteiger partial charge in [0.25, 0.3) is 5.91 Å². The summed E-state index contributed by atoms with van der Waals surface area (Å²) in [6.07, 6.45) is 0.436. The average molecular weight is 598 g/mol. The maximum Gasteiger partial charge on any atom is 0.416 e. The second-order valence-electron chi connectivity index (χ2n) is 11.1. The van der Waals surface area contributed by atoms with Crippen LogP contribution in [0.15, 0.2) is 48.9 Å². The molecule has 0 spiro atoms. The van der Waals surface area contributed by atoms with Gasteiger partial charge in [0.2, 0.25) is 5.91 Å². The SMILES string of the molecule is C[C@@H]1CO[C@@H](c2nc(-c3ccc(C(=O)Nc4cc(C(F)(F)F)ccn4)cc3F)c3c(N)nccn23)CN1C(=O)C1(C)CC1. The van der Waals surface area contributed by atoms with Crippen molar-refractivity contribution < 1.29 is 31.9 Å². The minimum Gasteiger partial charge on any atom is -0.382 e. The van der Waals surface area contributed by atoms with E-state index in [0.29, 0.717) is 17.4 Å². The Hall–Kier alpha value is -4.59. The average Bonchev–Trinajstić information content (AvgIpc) is 3.60. The maximum absolute atomic E-state index is 15.6. The van der Waals surface area contributed by atoms with Crippen LogP contribution in [0.5, 0.6) is 0 Å². The zero-order valence-electron chi connectivity index (χ0n) is 23.2. The molecule has 0 radical (unpaired) electrons. The first kappa shape index (κ1) is 28.5. The molecular weight excluding hydrogens is 570 g/mol. The number of alkyl halides is 3. The topological polar surface area (TPSA) is 128 Å². The van der Waals surface area contributed by atoms with E-state index in [1.54, 1.807) is 15.5 Å². The Morgan fingerprint density at radius 2 is 1.91 bits per heavy atom. The van der Waals surface area contributed by atoms with Crippen molar-refractivity contribution in [1.29, 1.82) is 0 Å². The van der Waals surface area contributed by atoms with Gasteiger partial charge in [-0.3, -0.25) is 14.0 Å². The summed E-state index contributed by atoms with van der Waals surface area (Å²) in [5.74, 6) is -1.46. The fourth-order valence-electron chi connectivity index (χ4n) is 5.16. The maximum atomic E-state index is 15.6. The van der Waals surface area contributed by atoms with Crippen LogP contribution in [0.25, 0.3) is 16.8 Å². The predicted molar refractivity (Wildman–Crippen MR) is 147 cm³/mol. The Morgan fingerprint density at radius 3 is 2.60 bits per heavy atom. The van der Waals surface area contributed by atoms with E-state index in [-0.39, 0.29) is 59.0 Å². The highest BCUT2D eigenvalue weighted by molar-refractivity contribution is 6.04. The molecule has 6 rings (SSSR count). The molecule has 4 aromatic rings. The lowest BCUT2D eigenvalue weighted by Crippen LogP contribution is -2.50. The van der Waals surface area contributed by atoms with Gasteiger partial charge in [0.15, 0.2) is 0 Å². The number of hydrogen-bond acceptors (Lipinski definition) is 7. The predicted octanol–water partition coefficient (Wildman–Crippen LogP) is 4.87. The Bertz CT molecular complexity index is 1750. The Kier molecular flexibility index (Phi) is 6.83. The van der Waals surface area contributed by atoms with E-state index in [2.05, 4.69) is 15.3 Å². The van der Waals surface area contributed by atoms with Gasteiger partial charge in [-0.1, -0.05) is 6.92 Å². The van der Waals surface area contributed by atoms with Gasteiger partial charge in [-0.2, -0.15) is 13.2 Å². The number of nitrogens with zero attached hydrogens (tertiary/aromatic N) is 5. The number of ether oxygens (including phenoxy) is 1. The second-order valence-corrected chi connectivity index (χ2v) is 11.1. The van der Waals surface area contributed by atoms with Gasteiger partial charge in [-0.25, -0.2) is 19.3 Å². The number of amides is 2. The number of benzene rings is 1. The molecule has 2 amide bonds. The highest BCUT2D eigenvalue weighted by Gasteiger charge is 2.49. The first-order chi connectivity index (χ1) is 20.4. The van der Waals surface area contributed by atoms with Crippen molar-refractivity contribution in [2.75, 3.05) is 24.2 Å². The molecule has 2 atom stereocenters. The van der Waals surface area contributed by atoms with Crippen molar-refractivity contribution in [2.45, 2.75) is 45.0 Å². The second kappa shape index (κ2) is 10.3. The fraction of sp³-hybridized carbons (Fsp3) is 0.345. The molecule has 2 fully saturated rings. The highest BCUT2D eigenvalue weighted by Crippen LogP contribution is 2.47. The fourth-order valence-corrected chi connectivity index (χ4v) is 5.16. The van der Waals surface area contributed by atoms with Crippen LogP contribution in [0.2, 0.25) is 0 Å². The van der Waals surface area contributed by atoms with E-state index in [9.17, 15) is 22.8 Å². The molecule has 14 heteroatoms. The van der Waals surface area contributed by atoms with Crippen LogP contribution < -0.4 is 11.1 Å². The molecule has 1 saturated carbocycles. The molecule has 2 aliphatic rings. The largest absolute Gasteiger partial charge is 0.416 e. The van der Waals surface area contributed by atoms with Gasteiger partial charge in [0.1, 0.15) is 40.6 Å². The summed E-state index contributed by atoms with van der Waals surface area (Å²) < 4.78 is 62.4. The Labute approximate surface area is 242 Å². The normalized spacial score (nSPS) is 19.8. The van der Waals surface area contributed by atoms with Gasteiger partial charge in [-0.05, 0) is 50.1 Å². The first-order valence-corrected chi connectivity index (χ1v) is 13.6. The molecule has 224 valence electrons. The molecule has 3 aromatic heterocycles. The van der Waals surface area contributed by atoms with Gasteiger partial charge < -0.3 is 20.7 Å². The number of rotatable bonds is 5. The molecule has 1 aliphatic carbocycles. The zero-order valence-corrected chi connectivity index (χ0v) is 23.2. The van der Waals surface area contributed by atoms with E-state index in [1.165, 1.54) is 18.3 Å². The lowest BCUT2D eigenvalue weighted by molar-refractivity contribution is -0.150. The molecule has 1 aliphatic heterocycles. The van der Waals surface area contributed by atoms with E-state index < -0.39 is 29.6 Å². The minimum atomic E-state index is -4.62. The number of carbonyl (C=O) groups is 2. The van der Waals surface area contributed by atoms with Crippen molar-refractivity contribution in [3.05, 3.63) is 71.7 Å². The third-order valence-corrected chi connectivity index (χ3v) is 7.92. The standard InChI is InChI=1S/C29H27F4N7O3/c1-15-14-43-20(13-40(15)27(42)28(2)6-7-28)25-38-22(23-24(34)36-9-10-39(23)25)18-4-3-16(11-19(18)30)26(41)37-21-12-17(5-8-35-21)29(31,32)33/h3-5,8-12,15,20H,6-7,13-14H2,1-2H3,(H2,34,36)(H,35,37,41)/t15-,20-/m1/s1. The van der Waals surface area contributed by atoms with Gasteiger partial charge >= 0.3 is 6.18 Å². The number of nitrogens with one attached hydrogen (secondary N) is 1. The number of morpholine rings is 1. The van der Waals surface area contributed by atoms with Crippen LogP contribution in [0.1, 0.15) is 54.5 Å². The molecule has 1 saturated heterocycles. The summed E-state index contributed by atoms with van der Waals surface area (Å²) in [6, 6.07) is 4.93. The number of nitrogen functional groups attached to an aromatic ring is 1. The molecule has 43 heavy (non-hydrogen) atoms. The molecule has 4 heterocycles. The zero-order chi connectivity index (χ0) is 30.7. The van der Waals surface area contributed by atoms with Gasteiger partial charge in [0.05, 0.1) is 24.8 Å². The van der Waals surface area contributed by atoms with Crippen LogP contribution in [0, 0.1) is 11.2 Å². The quantitative estimate of drug-likeness (QED) is 0.314. The monoisotopic (exact) mass is 597 g/mol. The van der Waals surface area contributed by atoms with E-state index in [1.807, 2.05) is 13.8 Å². The molecule has 10 nitrogen and oxygen atoms in total. The van der Waals surface area contributed by atoms with Crippen molar-refractivity contribution in [3.63, 3.8) is 0 Å². The van der Waals surface area contributed by atoms with Crippen LogP contribution in [0.3, 0.4) is 0 Å². The van der Waals surface area contributed by atoms with E-state index in [0.717, 1.165) is 31.2 Å². The lowest BCUT2D eigenvalue weighted by Gasteiger charge is -2.39. The summed E-state index contributed by atoms with van der Waals surface area (Å²) in [5, 5.41) is 2.26. The Morgan fingerprint density at radius 1 is 1.14 bits per heavy atom. The summed E-state index contributed by atoms with van der Waals surface area (Å²) in [4.78, 5) is 40.3. The van der Waals surface area contributed by atoms with Crippen molar-refractivity contribution in [1.82, 2.24) is 24.3 Å². The summed E-state index contributed by atoms with van der Waals surface area (Å²) in [7, 11) is 0. The molecule has 1 aromatic carbocycles. The highest BCUT2D eigenvalue weighted by atomic mass is 19.4. The smallest absolute Gasteiger partial charge is 0.382 e. The van der Waals surface area contributed by atoms with E-state index in [4.69, 9.17) is 15.5 Å². The van der Waals surface area contributed by atoms with Crippen LogP contribution in [-0.4, -0.2) is 55.3 Å². The summed E-state index contributed by atoms with van der Waals surface area (Å²) >= 11 is 0. The van der Waals surface area contributed by atoms with Gasteiger partial charge in [0, 0.05) is 35.1 Å². The summed E-state index contributed by atoms with van der Waals surface area (Å²) in [6.45, 7) is 4.41. The first-order valence-electron chi connectivity index (χ1n) is 13.6. The molecule has 3 N–H and O–H groups in total.